The van der Waals surface area contributed by atoms with Crippen molar-refractivity contribution in [1.82, 2.24) is 15.2 Å². The number of nitrogens with zero attached hydrogens (tertiary/aromatic N) is 2. The summed E-state index contributed by atoms with van der Waals surface area (Å²) in [4.78, 5) is 45.2. The number of benzene rings is 2. The molecule has 210 valence electrons. The molecule has 11 heteroatoms. The van der Waals surface area contributed by atoms with Gasteiger partial charge in [0.1, 0.15) is 28.1 Å². The molecule has 1 atom stereocenters. The van der Waals surface area contributed by atoms with E-state index >= 15 is 0 Å². The SMILES string of the molecule is COc1ccc(CNC(=O)c2nc(C3CCCN3C(=O)OCc3ccccc3)sc2NC(=O)C2CC2)c(OC)c1. The zero-order chi connectivity index (χ0) is 28.1. The Morgan fingerprint density at radius 3 is 2.58 bits per heavy atom. The highest BCUT2D eigenvalue weighted by Crippen LogP contribution is 2.39. The topological polar surface area (TPSA) is 119 Å². The van der Waals surface area contributed by atoms with Crippen LogP contribution in [0.4, 0.5) is 9.80 Å². The second-order valence-electron chi connectivity index (χ2n) is 9.75. The summed E-state index contributed by atoms with van der Waals surface area (Å²) in [5.74, 6) is 0.635. The lowest BCUT2D eigenvalue weighted by Gasteiger charge is -2.22. The molecule has 10 nitrogen and oxygen atoms in total. The lowest BCUT2D eigenvalue weighted by atomic mass is 10.2. The lowest BCUT2D eigenvalue weighted by molar-refractivity contribution is -0.117. The molecule has 1 unspecified atom stereocenters. The van der Waals surface area contributed by atoms with E-state index in [0.29, 0.717) is 34.5 Å². The standard InChI is InChI=1S/C29H32N4O6S/c1-37-21-13-12-20(23(15-21)38-2)16-30-26(35)24-28(32-25(34)19-10-11-19)40-27(31-24)22-9-6-14-33(22)29(36)39-17-18-7-4-3-5-8-18/h3-5,7-8,12-13,15,19,22H,6,9-11,14,16-17H2,1-2H3,(H,30,35)(H,32,34). The van der Waals surface area contributed by atoms with Gasteiger partial charge in [0.05, 0.1) is 20.3 Å². The molecular formula is C29H32N4O6S. The molecule has 2 fully saturated rings. The summed E-state index contributed by atoms with van der Waals surface area (Å²) in [5, 5.41) is 6.77. The minimum absolute atomic E-state index is 0.0408. The molecule has 2 heterocycles. The quantitative estimate of drug-likeness (QED) is 0.359. The van der Waals surface area contributed by atoms with Crippen molar-refractivity contribution >= 4 is 34.2 Å². The summed E-state index contributed by atoms with van der Waals surface area (Å²) in [6, 6.07) is 14.5. The van der Waals surface area contributed by atoms with Gasteiger partial charge in [0.2, 0.25) is 5.91 Å². The van der Waals surface area contributed by atoms with E-state index in [1.807, 2.05) is 36.4 Å². The Hall–Kier alpha value is -4.12. The molecule has 1 aliphatic heterocycles. The van der Waals surface area contributed by atoms with Gasteiger partial charge in [0.15, 0.2) is 5.69 Å². The first-order chi connectivity index (χ1) is 19.5. The van der Waals surface area contributed by atoms with Crippen molar-refractivity contribution in [3.8, 4) is 11.5 Å². The molecule has 2 aliphatic rings. The molecular weight excluding hydrogens is 532 g/mol. The number of hydrogen-bond acceptors (Lipinski definition) is 8. The number of nitrogens with one attached hydrogen (secondary N) is 2. The smallest absolute Gasteiger partial charge is 0.410 e. The van der Waals surface area contributed by atoms with Gasteiger partial charge >= 0.3 is 6.09 Å². The number of ether oxygens (including phenoxy) is 3. The summed E-state index contributed by atoms with van der Waals surface area (Å²) in [7, 11) is 3.12. The van der Waals surface area contributed by atoms with E-state index in [1.165, 1.54) is 11.3 Å². The van der Waals surface area contributed by atoms with E-state index in [4.69, 9.17) is 14.2 Å². The minimum Gasteiger partial charge on any atom is -0.497 e. The van der Waals surface area contributed by atoms with Crippen LogP contribution in [0.3, 0.4) is 0 Å². The number of methoxy groups -OCH3 is 2. The Kier molecular flexibility index (Phi) is 8.49. The van der Waals surface area contributed by atoms with Gasteiger partial charge in [-0.15, -0.1) is 0 Å². The number of anilines is 1. The first kappa shape index (κ1) is 27.4. The van der Waals surface area contributed by atoms with Crippen LogP contribution in [0.2, 0.25) is 0 Å². The van der Waals surface area contributed by atoms with Crippen molar-refractivity contribution in [2.24, 2.45) is 5.92 Å². The predicted octanol–water partition coefficient (Wildman–Crippen LogP) is 4.91. The van der Waals surface area contributed by atoms with Crippen molar-refractivity contribution < 1.29 is 28.6 Å². The molecule has 1 aromatic heterocycles. The number of rotatable bonds is 10. The molecule has 40 heavy (non-hydrogen) atoms. The van der Waals surface area contributed by atoms with Crippen LogP contribution in [-0.2, 0) is 22.7 Å². The second-order valence-corrected chi connectivity index (χ2v) is 10.8. The summed E-state index contributed by atoms with van der Waals surface area (Å²) in [6.07, 6.45) is 2.71. The van der Waals surface area contributed by atoms with Crippen molar-refractivity contribution in [1.29, 1.82) is 0 Å². The maximum absolute atomic E-state index is 13.3. The fourth-order valence-electron chi connectivity index (χ4n) is 4.58. The molecule has 2 aromatic carbocycles. The van der Waals surface area contributed by atoms with Crippen molar-refractivity contribution in [3.63, 3.8) is 0 Å². The van der Waals surface area contributed by atoms with Gasteiger partial charge in [-0.1, -0.05) is 41.7 Å². The van der Waals surface area contributed by atoms with Crippen LogP contribution in [0.15, 0.2) is 48.5 Å². The highest BCUT2D eigenvalue weighted by molar-refractivity contribution is 7.16. The summed E-state index contributed by atoms with van der Waals surface area (Å²) >= 11 is 1.23. The molecule has 1 saturated carbocycles. The highest BCUT2D eigenvalue weighted by Gasteiger charge is 2.36. The maximum Gasteiger partial charge on any atom is 0.410 e. The molecule has 5 rings (SSSR count). The molecule has 1 aliphatic carbocycles. The monoisotopic (exact) mass is 564 g/mol. The Morgan fingerprint density at radius 1 is 1.05 bits per heavy atom. The van der Waals surface area contributed by atoms with E-state index in [9.17, 15) is 14.4 Å². The fraction of sp³-hybridized carbons (Fsp3) is 0.379. The summed E-state index contributed by atoms with van der Waals surface area (Å²) in [6.45, 7) is 0.891. The number of carbonyl (C=O) groups is 3. The molecule has 3 amide bonds. The van der Waals surface area contributed by atoms with Crippen LogP contribution in [0.1, 0.15) is 58.3 Å². The summed E-state index contributed by atoms with van der Waals surface area (Å²) in [5.41, 5.74) is 1.79. The summed E-state index contributed by atoms with van der Waals surface area (Å²) < 4.78 is 16.3. The van der Waals surface area contributed by atoms with Crippen LogP contribution in [0.25, 0.3) is 0 Å². The fourth-order valence-corrected chi connectivity index (χ4v) is 5.69. The molecule has 2 N–H and O–H groups in total. The largest absolute Gasteiger partial charge is 0.497 e. The van der Waals surface area contributed by atoms with Gasteiger partial charge in [0, 0.05) is 30.6 Å². The molecule has 0 spiro atoms. The molecule has 3 aromatic rings. The van der Waals surface area contributed by atoms with Gasteiger partial charge < -0.3 is 24.8 Å². The van der Waals surface area contributed by atoms with Gasteiger partial charge in [0.25, 0.3) is 5.91 Å². The number of aromatic nitrogens is 1. The third-order valence-electron chi connectivity index (χ3n) is 6.95. The number of likely N-dealkylation sites (tertiary alicyclic amines) is 1. The van der Waals surface area contributed by atoms with Crippen molar-refractivity contribution in [2.75, 3.05) is 26.1 Å². The predicted molar refractivity (Wildman–Crippen MR) is 149 cm³/mol. The van der Waals surface area contributed by atoms with E-state index in [-0.39, 0.29) is 36.7 Å². The Balaban J connectivity index is 1.32. The van der Waals surface area contributed by atoms with E-state index < -0.39 is 12.0 Å². The number of hydrogen-bond donors (Lipinski definition) is 2. The van der Waals surface area contributed by atoms with Gasteiger partial charge in [-0.2, -0.15) is 0 Å². The number of thiazole rings is 1. The first-order valence-corrected chi connectivity index (χ1v) is 14.1. The Labute approximate surface area is 236 Å². The van der Waals surface area contributed by atoms with Crippen molar-refractivity contribution in [3.05, 3.63) is 70.4 Å². The van der Waals surface area contributed by atoms with Gasteiger partial charge in [-0.25, -0.2) is 9.78 Å². The highest BCUT2D eigenvalue weighted by atomic mass is 32.1. The third kappa shape index (κ3) is 6.36. The van der Waals surface area contributed by atoms with Gasteiger partial charge in [-0.3, -0.25) is 14.5 Å². The molecule has 1 saturated heterocycles. The average molecular weight is 565 g/mol. The third-order valence-corrected chi connectivity index (χ3v) is 8.03. The van der Waals surface area contributed by atoms with Crippen LogP contribution >= 0.6 is 11.3 Å². The number of carbonyl (C=O) groups excluding carboxylic acids is 3. The van der Waals surface area contributed by atoms with E-state index in [2.05, 4.69) is 15.6 Å². The van der Waals surface area contributed by atoms with Crippen LogP contribution < -0.4 is 20.1 Å². The van der Waals surface area contributed by atoms with E-state index in [1.54, 1.807) is 31.3 Å². The van der Waals surface area contributed by atoms with Crippen LogP contribution in [0.5, 0.6) is 11.5 Å². The van der Waals surface area contributed by atoms with Crippen LogP contribution in [-0.4, -0.2) is 48.6 Å². The lowest BCUT2D eigenvalue weighted by Crippen LogP contribution is -2.31. The van der Waals surface area contributed by atoms with Crippen LogP contribution in [0, 0.1) is 5.92 Å². The first-order valence-electron chi connectivity index (χ1n) is 13.2. The molecule has 0 bridgehead atoms. The second kappa shape index (κ2) is 12.4. The Morgan fingerprint density at radius 2 is 1.85 bits per heavy atom. The normalized spacial score (nSPS) is 16.4. The zero-order valence-electron chi connectivity index (χ0n) is 22.5. The minimum atomic E-state index is -0.428. The van der Waals surface area contributed by atoms with Gasteiger partial charge in [-0.05, 0) is 43.4 Å². The van der Waals surface area contributed by atoms with E-state index in [0.717, 1.165) is 30.4 Å². The maximum atomic E-state index is 13.3. The average Bonchev–Trinajstić information content (AvgIpc) is 3.58. The zero-order valence-corrected chi connectivity index (χ0v) is 23.3. The van der Waals surface area contributed by atoms with Crippen molar-refractivity contribution in [2.45, 2.75) is 44.9 Å². The molecule has 0 radical (unpaired) electrons. The Bertz CT molecular complexity index is 1370. The number of amides is 3.